The Labute approximate surface area is 143 Å². The second-order valence-corrected chi connectivity index (χ2v) is 7.89. The lowest BCUT2D eigenvalue weighted by atomic mass is 9.90. The van der Waals surface area contributed by atoms with Crippen LogP contribution in [0.1, 0.15) is 45.2 Å². The number of amides is 1. The van der Waals surface area contributed by atoms with Crippen LogP contribution in [0, 0.1) is 5.41 Å². The molecule has 2 aromatic rings. The zero-order valence-corrected chi connectivity index (χ0v) is 15.3. The topological polar surface area (TPSA) is 53.7 Å². The first-order chi connectivity index (χ1) is 11.3. The lowest BCUT2D eigenvalue weighted by molar-refractivity contribution is -0.140. The number of nitrogens with zero attached hydrogens (tertiary/aromatic N) is 5. The van der Waals surface area contributed by atoms with Crippen molar-refractivity contribution < 1.29 is 4.79 Å². The maximum absolute atomic E-state index is 12.6. The Morgan fingerprint density at radius 1 is 1.33 bits per heavy atom. The number of aromatic nitrogens is 3. The molecule has 0 aliphatic carbocycles. The minimum atomic E-state index is -0.337. The van der Waals surface area contributed by atoms with E-state index < -0.39 is 0 Å². The van der Waals surface area contributed by atoms with Gasteiger partial charge in [0.25, 0.3) is 0 Å². The molecule has 0 bridgehead atoms. The fraction of sp³-hybridized carbons (Fsp3) is 0.611. The molecule has 1 saturated heterocycles. The van der Waals surface area contributed by atoms with Crippen LogP contribution in [0.4, 0.5) is 5.82 Å². The highest BCUT2D eigenvalue weighted by Crippen LogP contribution is 2.30. The van der Waals surface area contributed by atoms with Crippen LogP contribution in [0.5, 0.6) is 0 Å². The molecular weight excluding hydrogens is 302 g/mol. The molecule has 130 valence electrons. The molecule has 6 heteroatoms. The van der Waals surface area contributed by atoms with Crippen molar-refractivity contribution in [1.82, 2.24) is 19.5 Å². The summed E-state index contributed by atoms with van der Waals surface area (Å²) in [6.45, 7) is 7.53. The Kier molecular flexibility index (Phi) is 4.24. The smallest absolute Gasteiger partial charge is 0.227 e. The highest BCUT2D eigenvalue weighted by atomic mass is 16.2. The molecule has 0 N–H and O–H groups in total. The van der Waals surface area contributed by atoms with Crippen molar-refractivity contribution in [2.24, 2.45) is 5.41 Å². The molecule has 0 saturated carbocycles. The predicted octanol–water partition coefficient (Wildman–Crippen LogP) is 2.55. The molecule has 0 aromatic carbocycles. The number of rotatable bonds is 2. The summed E-state index contributed by atoms with van der Waals surface area (Å²) in [5, 5.41) is 4.38. The molecular formula is C18H27N5O. The minimum absolute atomic E-state index is 0.222. The van der Waals surface area contributed by atoms with Crippen molar-refractivity contribution in [1.29, 1.82) is 0 Å². The summed E-state index contributed by atoms with van der Waals surface area (Å²) in [5.41, 5.74) is 1.68. The summed E-state index contributed by atoms with van der Waals surface area (Å²) < 4.78 is 1.89. The summed E-state index contributed by atoms with van der Waals surface area (Å²) in [6.07, 6.45) is 5.88. The van der Waals surface area contributed by atoms with E-state index in [-0.39, 0.29) is 17.2 Å². The Morgan fingerprint density at radius 3 is 2.75 bits per heavy atom. The summed E-state index contributed by atoms with van der Waals surface area (Å²) in [4.78, 5) is 21.5. The van der Waals surface area contributed by atoms with Gasteiger partial charge in [-0.15, -0.1) is 0 Å². The number of piperidine rings is 1. The quantitative estimate of drug-likeness (QED) is 0.850. The van der Waals surface area contributed by atoms with E-state index in [4.69, 9.17) is 4.98 Å². The molecule has 1 atom stereocenters. The molecule has 24 heavy (non-hydrogen) atoms. The van der Waals surface area contributed by atoms with Gasteiger partial charge < -0.3 is 9.80 Å². The summed E-state index contributed by atoms with van der Waals surface area (Å²) >= 11 is 0. The van der Waals surface area contributed by atoms with Crippen LogP contribution in [0.2, 0.25) is 0 Å². The third kappa shape index (κ3) is 3.09. The number of anilines is 1. The van der Waals surface area contributed by atoms with Gasteiger partial charge in [0.2, 0.25) is 5.91 Å². The number of fused-ring (bicyclic) bond motifs is 1. The summed E-state index contributed by atoms with van der Waals surface area (Å²) in [5.74, 6) is 1.40. The molecule has 3 rings (SSSR count). The van der Waals surface area contributed by atoms with Gasteiger partial charge in [-0.05, 0) is 18.9 Å². The molecule has 1 fully saturated rings. The molecule has 0 spiro atoms. The number of hydrogen-bond donors (Lipinski definition) is 0. The molecule has 6 nitrogen and oxygen atoms in total. The van der Waals surface area contributed by atoms with Crippen molar-refractivity contribution >= 4 is 17.2 Å². The molecule has 3 heterocycles. The van der Waals surface area contributed by atoms with Gasteiger partial charge in [-0.25, -0.2) is 9.50 Å². The van der Waals surface area contributed by atoms with Crippen molar-refractivity contribution in [3.63, 3.8) is 0 Å². The van der Waals surface area contributed by atoms with E-state index >= 15 is 0 Å². The Balaban J connectivity index is 1.91. The van der Waals surface area contributed by atoms with Gasteiger partial charge in [-0.3, -0.25) is 4.79 Å². The standard InChI is InChI=1S/C18H27N5O/c1-18(2,3)17(24)22-10-6-7-13(11-22)14-12-23-15(8-9-19-23)16(20-14)21(4)5/h8-9,12-13H,6-7,10-11H2,1-5H3/t13-/m0/s1. The van der Waals surface area contributed by atoms with Crippen molar-refractivity contribution in [3.05, 3.63) is 24.2 Å². The minimum Gasteiger partial charge on any atom is -0.361 e. The fourth-order valence-corrected chi connectivity index (χ4v) is 3.33. The highest BCUT2D eigenvalue weighted by molar-refractivity contribution is 5.81. The first-order valence-electron chi connectivity index (χ1n) is 8.58. The van der Waals surface area contributed by atoms with Crippen LogP contribution >= 0.6 is 0 Å². The largest absolute Gasteiger partial charge is 0.361 e. The predicted molar refractivity (Wildman–Crippen MR) is 95.3 cm³/mol. The van der Waals surface area contributed by atoms with E-state index in [1.165, 1.54) is 0 Å². The van der Waals surface area contributed by atoms with Crippen LogP contribution in [0.3, 0.4) is 0 Å². The van der Waals surface area contributed by atoms with Gasteiger partial charge in [0.1, 0.15) is 5.52 Å². The van der Waals surface area contributed by atoms with Crippen LogP contribution < -0.4 is 4.90 Å². The highest BCUT2D eigenvalue weighted by Gasteiger charge is 2.32. The second kappa shape index (κ2) is 6.07. The maximum Gasteiger partial charge on any atom is 0.227 e. The first kappa shape index (κ1) is 16.7. The average molecular weight is 329 g/mol. The van der Waals surface area contributed by atoms with E-state index in [9.17, 15) is 4.79 Å². The normalized spacial score (nSPS) is 18.9. The first-order valence-corrected chi connectivity index (χ1v) is 8.58. The van der Waals surface area contributed by atoms with Crippen LogP contribution in [-0.2, 0) is 4.79 Å². The van der Waals surface area contributed by atoms with Gasteiger partial charge >= 0.3 is 0 Å². The Morgan fingerprint density at radius 2 is 2.08 bits per heavy atom. The van der Waals surface area contributed by atoms with Crippen LogP contribution in [0.25, 0.3) is 5.52 Å². The Bertz CT molecular complexity index is 743. The third-order valence-electron chi connectivity index (χ3n) is 4.58. The molecule has 0 unspecified atom stereocenters. The monoisotopic (exact) mass is 329 g/mol. The van der Waals surface area contributed by atoms with Gasteiger partial charge in [-0.1, -0.05) is 20.8 Å². The number of hydrogen-bond acceptors (Lipinski definition) is 4. The number of carbonyl (C=O) groups is 1. The lowest BCUT2D eigenvalue weighted by Crippen LogP contribution is -2.44. The summed E-state index contributed by atoms with van der Waals surface area (Å²) in [6, 6.07) is 1.97. The third-order valence-corrected chi connectivity index (χ3v) is 4.58. The fourth-order valence-electron chi connectivity index (χ4n) is 3.33. The second-order valence-electron chi connectivity index (χ2n) is 7.89. The van der Waals surface area contributed by atoms with Crippen molar-refractivity contribution in [2.45, 2.75) is 39.5 Å². The number of likely N-dealkylation sites (tertiary alicyclic amines) is 1. The number of carbonyl (C=O) groups excluding carboxylic acids is 1. The van der Waals surface area contributed by atoms with Gasteiger partial charge in [0.15, 0.2) is 5.82 Å². The Hall–Kier alpha value is -2.11. The van der Waals surface area contributed by atoms with E-state index in [2.05, 4.69) is 5.10 Å². The van der Waals surface area contributed by atoms with Crippen molar-refractivity contribution in [2.75, 3.05) is 32.1 Å². The van der Waals surface area contributed by atoms with Crippen LogP contribution in [-0.4, -0.2) is 52.6 Å². The van der Waals surface area contributed by atoms with Gasteiger partial charge in [-0.2, -0.15) is 5.10 Å². The van der Waals surface area contributed by atoms with E-state index in [0.29, 0.717) is 0 Å². The van der Waals surface area contributed by atoms with E-state index in [1.54, 1.807) is 6.20 Å². The molecule has 1 amide bonds. The lowest BCUT2D eigenvalue weighted by Gasteiger charge is -2.36. The summed E-state index contributed by atoms with van der Waals surface area (Å²) in [7, 11) is 3.99. The average Bonchev–Trinajstić information content (AvgIpc) is 3.00. The molecule has 0 radical (unpaired) electrons. The van der Waals surface area contributed by atoms with Crippen molar-refractivity contribution in [3.8, 4) is 0 Å². The molecule has 1 aliphatic heterocycles. The van der Waals surface area contributed by atoms with E-state index in [0.717, 1.165) is 43.0 Å². The molecule has 2 aromatic heterocycles. The van der Waals surface area contributed by atoms with Crippen LogP contribution in [0.15, 0.2) is 18.5 Å². The molecule has 1 aliphatic rings. The van der Waals surface area contributed by atoms with Gasteiger partial charge in [0, 0.05) is 38.5 Å². The SMILES string of the molecule is CN(C)c1nc([C@H]2CCCN(C(=O)C(C)(C)C)C2)cn2nccc12. The zero-order chi connectivity index (χ0) is 17.5. The zero-order valence-electron chi connectivity index (χ0n) is 15.3. The van der Waals surface area contributed by atoms with E-state index in [1.807, 2.05) is 61.4 Å². The maximum atomic E-state index is 12.6. The van der Waals surface area contributed by atoms with Gasteiger partial charge in [0.05, 0.1) is 18.1 Å².